The van der Waals surface area contributed by atoms with Gasteiger partial charge in [-0.1, -0.05) is 48.8 Å². The highest BCUT2D eigenvalue weighted by Gasteiger charge is 2.14. The van der Waals surface area contributed by atoms with Crippen molar-refractivity contribution >= 4 is 27.7 Å². The second kappa shape index (κ2) is 7.48. The number of aliphatic imine (C=N–C) groups is 1. The van der Waals surface area contributed by atoms with Crippen molar-refractivity contribution in [3.63, 3.8) is 0 Å². The van der Waals surface area contributed by atoms with Crippen LogP contribution in [-0.2, 0) is 11.2 Å². The number of phenols is 1. The van der Waals surface area contributed by atoms with E-state index < -0.39 is 11.2 Å². The van der Waals surface area contributed by atoms with E-state index in [1.807, 2.05) is 30.3 Å². The van der Waals surface area contributed by atoms with Crippen molar-refractivity contribution in [3.8, 4) is 5.75 Å². The van der Waals surface area contributed by atoms with Crippen LogP contribution in [0.15, 0.2) is 41.4 Å². The van der Waals surface area contributed by atoms with Gasteiger partial charge < -0.3 is 9.66 Å². The van der Waals surface area contributed by atoms with E-state index in [2.05, 4.69) is 11.9 Å². The van der Waals surface area contributed by atoms with Gasteiger partial charge in [0.05, 0.1) is 12.0 Å². The lowest BCUT2D eigenvalue weighted by Crippen LogP contribution is -2.16. The summed E-state index contributed by atoms with van der Waals surface area (Å²) in [5.74, 6) is 0.574. The minimum atomic E-state index is -0.985. The maximum absolute atomic E-state index is 11.6. The van der Waals surface area contributed by atoms with Gasteiger partial charge in [0.1, 0.15) is 11.5 Å². The van der Waals surface area contributed by atoms with E-state index in [1.165, 1.54) is 0 Å². The molecule has 2 aromatic carbocycles. The third-order valence-corrected chi connectivity index (χ3v) is 4.01. The standard InChI is InChI=1S/C17H21NO2S/c1-3-4-9-18-16(12-21(2)20)15-10-13-7-5-6-8-14(13)11-17(15)19/h5-8,10-11,19H,3-4,9,12H2,1-2H3/b18-16+. The van der Waals surface area contributed by atoms with Gasteiger partial charge in [-0.3, -0.25) is 4.99 Å². The minimum Gasteiger partial charge on any atom is -0.616 e. The molecule has 21 heavy (non-hydrogen) atoms. The number of benzene rings is 2. The molecule has 3 nitrogen and oxygen atoms in total. The summed E-state index contributed by atoms with van der Waals surface area (Å²) in [6, 6.07) is 11.6. The van der Waals surface area contributed by atoms with E-state index in [4.69, 9.17) is 0 Å². The van der Waals surface area contributed by atoms with Crippen molar-refractivity contribution in [1.29, 1.82) is 0 Å². The zero-order valence-corrected chi connectivity index (χ0v) is 13.3. The van der Waals surface area contributed by atoms with Crippen LogP contribution in [-0.4, -0.2) is 33.9 Å². The van der Waals surface area contributed by atoms with Gasteiger partial charge in [-0.25, -0.2) is 0 Å². The lowest BCUT2D eigenvalue weighted by Gasteiger charge is -2.12. The summed E-state index contributed by atoms with van der Waals surface area (Å²) < 4.78 is 11.6. The highest BCUT2D eigenvalue weighted by molar-refractivity contribution is 7.91. The van der Waals surface area contributed by atoms with Gasteiger partial charge in [0.15, 0.2) is 0 Å². The third-order valence-electron chi connectivity index (χ3n) is 3.33. The Morgan fingerprint density at radius 1 is 1.24 bits per heavy atom. The van der Waals surface area contributed by atoms with E-state index in [-0.39, 0.29) is 5.75 Å². The van der Waals surface area contributed by atoms with Crippen LogP contribution in [0, 0.1) is 0 Å². The van der Waals surface area contributed by atoms with Gasteiger partial charge in [0, 0.05) is 12.1 Å². The molecule has 2 aromatic rings. The van der Waals surface area contributed by atoms with Gasteiger partial charge >= 0.3 is 0 Å². The molecule has 0 amide bonds. The van der Waals surface area contributed by atoms with Crippen molar-refractivity contribution in [1.82, 2.24) is 0 Å². The molecule has 1 N–H and O–H groups in total. The molecule has 0 radical (unpaired) electrons. The minimum absolute atomic E-state index is 0.203. The molecule has 0 aliphatic heterocycles. The molecular formula is C17H21NO2S. The summed E-state index contributed by atoms with van der Waals surface area (Å²) in [4.78, 5) is 4.56. The summed E-state index contributed by atoms with van der Waals surface area (Å²) >= 11 is -0.985. The van der Waals surface area contributed by atoms with Gasteiger partial charge in [0.25, 0.3) is 0 Å². The molecule has 0 aliphatic carbocycles. The zero-order chi connectivity index (χ0) is 15.2. The molecule has 0 heterocycles. The lowest BCUT2D eigenvalue weighted by atomic mass is 10.0. The number of hydrogen-bond acceptors (Lipinski definition) is 3. The van der Waals surface area contributed by atoms with Crippen molar-refractivity contribution in [3.05, 3.63) is 42.0 Å². The number of hydrogen-bond donors (Lipinski definition) is 1. The highest BCUT2D eigenvalue weighted by Crippen LogP contribution is 2.26. The molecule has 0 bridgehead atoms. The van der Waals surface area contributed by atoms with Crippen LogP contribution in [0.25, 0.3) is 10.8 Å². The number of nitrogens with zero attached hydrogens (tertiary/aromatic N) is 1. The van der Waals surface area contributed by atoms with E-state index in [0.29, 0.717) is 17.9 Å². The molecule has 1 atom stereocenters. The first-order valence-corrected chi connectivity index (χ1v) is 8.90. The Bertz CT molecular complexity index is 638. The molecular weight excluding hydrogens is 282 g/mol. The van der Waals surface area contributed by atoms with Crippen LogP contribution < -0.4 is 0 Å². The van der Waals surface area contributed by atoms with Gasteiger partial charge in [-0.05, 0) is 29.3 Å². The predicted octanol–water partition coefficient (Wildman–Crippen LogP) is 3.51. The SMILES string of the molecule is CCCC/N=C(\C[S+](C)[O-])c1cc2ccccc2cc1O. The molecule has 4 heteroatoms. The molecule has 112 valence electrons. The molecule has 2 rings (SSSR count). The molecule has 0 aromatic heterocycles. The fraction of sp³-hybridized carbons (Fsp3) is 0.353. The van der Waals surface area contributed by atoms with E-state index in [1.54, 1.807) is 12.3 Å². The van der Waals surface area contributed by atoms with Crippen molar-refractivity contribution in [2.24, 2.45) is 4.99 Å². The first kappa shape index (κ1) is 15.9. The summed E-state index contributed by atoms with van der Waals surface area (Å²) in [7, 11) is 0. The highest BCUT2D eigenvalue weighted by atomic mass is 32.2. The topological polar surface area (TPSA) is 55.7 Å². The lowest BCUT2D eigenvalue weighted by molar-refractivity contribution is 0.475. The number of unbranched alkanes of at least 4 members (excludes halogenated alkanes) is 1. The molecule has 0 aliphatic rings. The quantitative estimate of drug-likeness (QED) is 0.504. The Morgan fingerprint density at radius 2 is 1.90 bits per heavy atom. The van der Waals surface area contributed by atoms with E-state index in [9.17, 15) is 9.66 Å². The van der Waals surface area contributed by atoms with Crippen LogP contribution >= 0.6 is 0 Å². The fourth-order valence-corrected chi connectivity index (χ4v) is 2.86. The third kappa shape index (κ3) is 4.22. The summed E-state index contributed by atoms with van der Waals surface area (Å²) in [5.41, 5.74) is 1.42. The largest absolute Gasteiger partial charge is 0.616 e. The number of fused-ring (bicyclic) bond motifs is 1. The summed E-state index contributed by atoms with van der Waals surface area (Å²) in [5, 5.41) is 12.3. The van der Waals surface area contributed by atoms with Crippen LogP contribution in [0.4, 0.5) is 0 Å². The van der Waals surface area contributed by atoms with Crippen LogP contribution in [0.2, 0.25) is 0 Å². The Labute approximate surface area is 128 Å². The monoisotopic (exact) mass is 303 g/mol. The average Bonchev–Trinajstić information content (AvgIpc) is 2.45. The zero-order valence-electron chi connectivity index (χ0n) is 12.5. The van der Waals surface area contributed by atoms with Gasteiger partial charge in [-0.2, -0.15) is 0 Å². The molecule has 0 spiro atoms. The molecule has 0 saturated heterocycles. The van der Waals surface area contributed by atoms with Crippen LogP contribution in [0.5, 0.6) is 5.75 Å². The van der Waals surface area contributed by atoms with Gasteiger partial charge in [0.2, 0.25) is 0 Å². The Balaban J connectivity index is 2.42. The Hall–Kier alpha value is -1.52. The first-order chi connectivity index (χ1) is 10.1. The van der Waals surface area contributed by atoms with Crippen molar-refractivity contribution < 1.29 is 9.66 Å². The van der Waals surface area contributed by atoms with Gasteiger partial charge in [-0.15, -0.1) is 0 Å². The predicted molar refractivity (Wildman–Crippen MR) is 90.9 cm³/mol. The van der Waals surface area contributed by atoms with Crippen molar-refractivity contribution in [2.75, 3.05) is 18.6 Å². The smallest absolute Gasteiger partial charge is 0.147 e. The summed E-state index contributed by atoms with van der Waals surface area (Å²) in [6.07, 6.45) is 3.72. The Morgan fingerprint density at radius 3 is 2.52 bits per heavy atom. The number of phenolic OH excluding ortho intramolecular Hbond substituents is 1. The second-order valence-electron chi connectivity index (χ2n) is 5.12. The number of rotatable bonds is 6. The fourth-order valence-electron chi connectivity index (χ4n) is 2.23. The average molecular weight is 303 g/mol. The molecule has 0 saturated carbocycles. The Kier molecular flexibility index (Phi) is 5.65. The maximum Gasteiger partial charge on any atom is 0.147 e. The van der Waals surface area contributed by atoms with Crippen molar-refractivity contribution in [2.45, 2.75) is 19.8 Å². The second-order valence-corrected chi connectivity index (χ2v) is 6.55. The summed E-state index contributed by atoms with van der Waals surface area (Å²) in [6.45, 7) is 2.82. The first-order valence-electron chi connectivity index (χ1n) is 7.17. The van der Waals surface area contributed by atoms with Crippen LogP contribution in [0.3, 0.4) is 0 Å². The van der Waals surface area contributed by atoms with Crippen LogP contribution in [0.1, 0.15) is 25.3 Å². The maximum atomic E-state index is 11.6. The van der Waals surface area contributed by atoms with E-state index in [0.717, 1.165) is 29.3 Å². The number of aromatic hydroxyl groups is 1. The normalized spacial score (nSPS) is 13.6. The molecule has 0 fully saturated rings. The molecule has 1 unspecified atom stereocenters. The van der Waals surface area contributed by atoms with E-state index >= 15 is 0 Å².